The number of rotatable bonds is 4. The van der Waals surface area contributed by atoms with E-state index in [1.165, 1.54) is 12.4 Å². The molecule has 0 saturated carbocycles. The van der Waals surface area contributed by atoms with Gasteiger partial charge < -0.3 is 19.7 Å². The van der Waals surface area contributed by atoms with Crippen LogP contribution in [0.15, 0.2) is 24.5 Å². The molecule has 9 heteroatoms. The summed E-state index contributed by atoms with van der Waals surface area (Å²) in [7, 11) is 0. The van der Waals surface area contributed by atoms with E-state index in [1.54, 1.807) is 11.0 Å². The summed E-state index contributed by atoms with van der Waals surface area (Å²) >= 11 is 12.5. The number of hydrogen-bond donors (Lipinski definition) is 2. The number of nitrogens with zero attached hydrogens (tertiary/aromatic N) is 3. The first-order chi connectivity index (χ1) is 13.5. The van der Waals surface area contributed by atoms with Crippen LogP contribution in [0.2, 0.25) is 10.0 Å². The molecule has 0 radical (unpaired) electrons. The van der Waals surface area contributed by atoms with E-state index in [0.29, 0.717) is 28.8 Å². The quantitative estimate of drug-likeness (QED) is 0.674. The third-order valence-electron chi connectivity index (χ3n) is 4.91. The van der Waals surface area contributed by atoms with Gasteiger partial charge in [0, 0.05) is 29.6 Å². The Bertz CT molecular complexity index is 1040. The van der Waals surface area contributed by atoms with Gasteiger partial charge in [0.05, 0.1) is 40.6 Å². The molecule has 2 N–H and O–H groups in total. The van der Waals surface area contributed by atoms with Gasteiger partial charge in [0.2, 0.25) is 5.82 Å². The number of aliphatic hydroxyl groups excluding tert-OH is 1. The number of carbonyl (C=O) groups is 1. The zero-order valence-electron chi connectivity index (χ0n) is 15.1. The van der Waals surface area contributed by atoms with Gasteiger partial charge in [-0.1, -0.05) is 29.3 Å². The molecule has 1 unspecified atom stereocenters. The predicted molar refractivity (Wildman–Crippen MR) is 106 cm³/mol. The summed E-state index contributed by atoms with van der Waals surface area (Å²) in [5.74, 6) is 0.261. The van der Waals surface area contributed by atoms with Crippen LogP contribution in [0.3, 0.4) is 0 Å². The first-order valence-corrected chi connectivity index (χ1v) is 9.62. The van der Waals surface area contributed by atoms with Crippen LogP contribution in [0.5, 0.6) is 5.75 Å². The minimum absolute atomic E-state index is 0.103. The van der Waals surface area contributed by atoms with Gasteiger partial charge in [-0.2, -0.15) is 0 Å². The largest absolute Gasteiger partial charge is 0.488 e. The van der Waals surface area contributed by atoms with E-state index < -0.39 is 0 Å². The molecule has 146 valence electrons. The second kappa shape index (κ2) is 7.58. The lowest BCUT2D eigenvalue weighted by atomic mass is 9.97. The Hall–Kier alpha value is -2.35. The number of fused-ring (bicyclic) bond motifs is 3. The third kappa shape index (κ3) is 3.19. The zero-order valence-corrected chi connectivity index (χ0v) is 16.6. The second-order valence-corrected chi connectivity index (χ2v) is 7.33. The van der Waals surface area contributed by atoms with Crippen LogP contribution in [-0.4, -0.2) is 50.6 Å². The molecule has 3 heterocycles. The first kappa shape index (κ1) is 19.0. The monoisotopic (exact) mass is 420 g/mol. The van der Waals surface area contributed by atoms with E-state index in [2.05, 4.69) is 15.0 Å². The molecule has 1 aromatic carbocycles. The van der Waals surface area contributed by atoms with Crippen molar-refractivity contribution in [3.8, 4) is 5.75 Å². The smallest absolute Gasteiger partial charge is 0.292 e. The molecule has 0 fully saturated rings. The number of H-pyrrole nitrogens is 1. The van der Waals surface area contributed by atoms with Crippen molar-refractivity contribution < 1.29 is 14.6 Å². The zero-order chi connectivity index (χ0) is 19.8. The third-order valence-corrected chi connectivity index (χ3v) is 5.72. The maximum Gasteiger partial charge on any atom is 0.292 e. The lowest BCUT2D eigenvalue weighted by Gasteiger charge is -2.33. The number of aliphatic hydroxyl groups is 1. The molecule has 0 aliphatic carbocycles. The van der Waals surface area contributed by atoms with E-state index in [-0.39, 0.29) is 31.0 Å². The van der Waals surface area contributed by atoms with E-state index >= 15 is 0 Å². The SMILES string of the molecule is CC1c2c([nH]c3c(Cl)c(Cl)ccc23)CCN1C(=O)c1ncc(OCCO)cn1. The van der Waals surface area contributed by atoms with Gasteiger partial charge in [0.15, 0.2) is 5.75 Å². The van der Waals surface area contributed by atoms with Gasteiger partial charge >= 0.3 is 0 Å². The van der Waals surface area contributed by atoms with E-state index in [1.807, 2.05) is 13.0 Å². The average Bonchev–Trinajstić information content (AvgIpc) is 3.09. The molecule has 1 amide bonds. The Kier molecular flexibility index (Phi) is 5.14. The van der Waals surface area contributed by atoms with Crippen LogP contribution in [0.1, 0.15) is 34.8 Å². The molecular formula is C19H18Cl2N4O3. The lowest BCUT2D eigenvalue weighted by molar-refractivity contribution is 0.0665. The van der Waals surface area contributed by atoms with Crippen LogP contribution >= 0.6 is 23.2 Å². The minimum atomic E-state index is -0.249. The van der Waals surface area contributed by atoms with Crippen molar-refractivity contribution in [1.82, 2.24) is 19.9 Å². The standard InChI is InChI=1S/C19H18Cl2N4O3/c1-10-15-12-2-3-13(20)16(21)17(12)24-14(15)4-5-25(10)19(27)18-22-8-11(9-23-18)28-7-6-26/h2-3,8-10,24,26H,4-7H2,1H3. The average molecular weight is 421 g/mol. The van der Waals surface area contributed by atoms with Crippen LogP contribution in [0.4, 0.5) is 0 Å². The van der Waals surface area contributed by atoms with Crippen molar-refractivity contribution in [2.24, 2.45) is 0 Å². The van der Waals surface area contributed by atoms with Gasteiger partial charge in [-0.15, -0.1) is 0 Å². The van der Waals surface area contributed by atoms with Crippen molar-refractivity contribution >= 4 is 40.0 Å². The Morgan fingerprint density at radius 2 is 2.11 bits per heavy atom. The molecule has 0 saturated heterocycles. The maximum atomic E-state index is 13.0. The topological polar surface area (TPSA) is 91.3 Å². The Morgan fingerprint density at radius 1 is 1.36 bits per heavy atom. The maximum absolute atomic E-state index is 13.0. The molecule has 1 aliphatic heterocycles. The lowest BCUT2D eigenvalue weighted by Crippen LogP contribution is -2.39. The van der Waals surface area contributed by atoms with E-state index in [0.717, 1.165) is 22.2 Å². The van der Waals surface area contributed by atoms with Crippen molar-refractivity contribution in [1.29, 1.82) is 0 Å². The number of halogens is 2. The molecular weight excluding hydrogens is 403 g/mol. The Balaban J connectivity index is 1.63. The normalized spacial score (nSPS) is 16.3. The molecule has 1 aliphatic rings. The van der Waals surface area contributed by atoms with Gasteiger partial charge in [-0.3, -0.25) is 4.79 Å². The fourth-order valence-electron chi connectivity index (χ4n) is 3.60. The number of amides is 1. The highest BCUT2D eigenvalue weighted by Crippen LogP contribution is 2.40. The van der Waals surface area contributed by atoms with Crippen LogP contribution in [0, 0.1) is 0 Å². The molecule has 2 aromatic heterocycles. The fourth-order valence-corrected chi connectivity index (χ4v) is 3.97. The number of hydrogen-bond acceptors (Lipinski definition) is 5. The predicted octanol–water partition coefficient (Wildman–Crippen LogP) is 3.40. The van der Waals surface area contributed by atoms with Crippen molar-refractivity contribution in [3.63, 3.8) is 0 Å². The van der Waals surface area contributed by atoms with Crippen LogP contribution in [-0.2, 0) is 6.42 Å². The molecule has 4 rings (SSSR count). The molecule has 0 bridgehead atoms. The highest BCUT2D eigenvalue weighted by Gasteiger charge is 2.32. The number of aromatic nitrogens is 3. The minimum Gasteiger partial charge on any atom is -0.488 e. The summed E-state index contributed by atoms with van der Waals surface area (Å²) in [5, 5.41) is 10.7. The second-order valence-electron chi connectivity index (χ2n) is 6.54. The Morgan fingerprint density at radius 3 is 2.82 bits per heavy atom. The van der Waals surface area contributed by atoms with Crippen molar-refractivity contribution in [2.75, 3.05) is 19.8 Å². The van der Waals surface area contributed by atoms with Gasteiger partial charge in [-0.25, -0.2) is 9.97 Å². The number of nitrogens with one attached hydrogen (secondary N) is 1. The number of benzene rings is 1. The molecule has 7 nitrogen and oxygen atoms in total. The van der Waals surface area contributed by atoms with Gasteiger partial charge in [0.25, 0.3) is 5.91 Å². The summed E-state index contributed by atoms with van der Waals surface area (Å²) in [5.41, 5.74) is 2.89. The Labute approximate surface area is 171 Å². The number of aromatic amines is 1. The summed E-state index contributed by atoms with van der Waals surface area (Å²) < 4.78 is 5.23. The summed E-state index contributed by atoms with van der Waals surface area (Å²) in [6.45, 7) is 2.56. The molecule has 0 spiro atoms. The van der Waals surface area contributed by atoms with Crippen molar-refractivity contribution in [2.45, 2.75) is 19.4 Å². The summed E-state index contributed by atoms with van der Waals surface area (Å²) in [4.78, 5) is 26.3. The first-order valence-electron chi connectivity index (χ1n) is 8.86. The van der Waals surface area contributed by atoms with Crippen LogP contribution < -0.4 is 4.74 Å². The number of carbonyl (C=O) groups excluding carboxylic acids is 1. The van der Waals surface area contributed by atoms with Crippen molar-refractivity contribution in [3.05, 3.63) is 51.7 Å². The van der Waals surface area contributed by atoms with Crippen LogP contribution in [0.25, 0.3) is 10.9 Å². The number of ether oxygens (including phenoxy) is 1. The van der Waals surface area contributed by atoms with E-state index in [4.69, 9.17) is 33.0 Å². The highest BCUT2D eigenvalue weighted by atomic mass is 35.5. The fraction of sp³-hybridized carbons (Fsp3) is 0.316. The van der Waals surface area contributed by atoms with Gasteiger partial charge in [-0.05, 0) is 13.0 Å². The highest BCUT2D eigenvalue weighted by molar-refractivity contribution is 6.45. The molecule has 1 atom stereocenters. The summed E-state index contributed by atoms with van der Waals surface area (Å²) in [6.07, 6.45) is 3.54. The molecule has 28 heavy (non-hydrogen) atoms. The summed E-state index contributed by atoms with van der Waals surface area (Å²) in [6, 6.07) is 3.52. The van der Waals surface area contributed by atoms with E-state index in [9.17, 15) is 4.79 Å². The van der Waals surface area contributed by atoms with Gasteiger partial charge in [0.1, 0.15) is 6.61 Å². The molecule has 3 aromatic rings.